The van der Waals surface area contributed by atoms with Gasteiger partial charge in [0.05, 0.1) is 5.56 Å². The third-order valence-electron chi connectivity index (χ3n) is 6.24. The van der Waals surface area contributed by atoms with Gasteiger partial charge in [0.1, 0.15) is 0 Å². The summed E-state index contributed by atoms with van der Waals surface area (Å²) in [6, 6.07) is 15.3. The number of rotatable bonds is 5. The molecule has 2 unspecified atom stereocenters. The molecule has 0 bridgehead atoms. The highest BCUT2D eigenvalue weighted by atomic mass is 19.4. The molecule has 150 valence electrons. The highest BCUT2D eigenvalue weighted by Crippen LogP contribution is 2.47. The van der Waals surface area contributed by atoms with Gasteiger partial charge < -0.3 is 10.6 Å². The smallest absolute Gasteiger partial charge is 0.317 e. The van der Waals surface area contributed by atoms with E-state index in [0.29, 0.717) is 23.2 Å². The molecule has 2 aromatic carbocycles. The van der Waals surface area contributed by atoms with Crippen LogP contribution >= 0.6 is 0 Å². The maximum Gasteiger partial charge on any atom is 0.416 e. The minimum Gasteiger partial charge on any atom is -0.317 e. The van der Waals surface area contributed by atoms with Crippen molar-refractivity contribution in [1.29, 1.82) is 0 Å². The van der Waals surface area contributed by atoms with Crippen molar-refractivity contribution in [2.75, 3.05) is 7.05 Å². The summed E-state index contributed by atoms with van der Waals surface area (Å²) in [6.45, 7) is 0. The van der Waals surface area contributed by atoms with Crippen LogP contribution in [0, 0.1) is 0 Å². The maximum atomic E-state index is 13.8. The van der Waals surface area contributed by atoms with E-state index in [-0.39, 0.29) is 12.0 Å². The van der Waals surface area contributed by atoms with E-state index in [1.807, 2.05) is 43.4 Å². The Morgan fingerprint density at radius 3 is 2.18 bits per heavy atom. The maximum absolute atomic E-state index is 13.8. The fourth-order valence-electron chi connectivity index (χ4n) is 4.51. The van der Waals surface area contributed by atoms with Crippen molar-refractivity contribution >= 4 is 0 Å². The fraction of sp³-hybridized carbons (Fsp3) is 0.478. The monoisotopic (exact) mass is 388 g/mol. The zero-order valence-electron chi connectivity index (χ0n) is 16.1. The van der Waals surface area contributed by atoms with Crippen molar-refractivity contribution in [3.63, 3.8) is 0 Å². The molecule has 2 atom stereocenters. The van der Waals surface area contributed by atoms with E-state index >= 15 is 0 Å². The zero-order chi connectivity index (χ0) is 19.7. The minimum atomic E-state index is -4.34. The number of alkyl halides is 3. The summed E-state index contributed by atoms with van der Waals surface area (Å²) in [5.41, 5.74) is 1.38. The number of hydrogen-bond acceptors (Lipinski definition) is 2. The molecule has 28 heavy (non-hydrogen) atoms. The van der Waals surface area contributed by atoms with Gasteiger partial charge in [0.25, 0.3) is 0 Å². The Balaban J connectivity index is 1.49. The molecule has 2 saturated carbocycles. The summed E-state index contributed by atoms with van der Waals surface area (Å²) in [4.78, 5) is 0. The molecule has 2 nitrogen and oxygen atoms in total. The lowest BCUT2D eigenvalue weighted by Gasteiger charge is -2.29. The number of hydrogen-bond donors (Lipinski definition) is 2. The predicted molar refractivity (Wildman–Crippen MR) is 106 cm³/mol. The molecule has 0 spiro atoms. The number of halogens is 3. The van der Waals surface area contributed by atoms with Crippen LogP contribution in [0.3, 0.4) is 0 Å². The predicted octanol–water partition coefficient (Wildman–Crippen LogP) is 5.35. The summed E-state index contributed by atoms with van der Waals surface area (Å²) in [5, 5.41) is 6.93. The van der Waals surface area contributed by atoms with Crippen LogP contribution in [0.15, 0.2) is 48.5 Å². The van der Waals surface area contributed by atoms with Crippen molar-refractivity contribution in [2.24, 2.45) is 0 Å². The van der Waals surface area contributed by atoms with Gasteiger partial charge in [-0.05, 0) is 61.9 Å². The van der Waals surface area contributed by atoms with Gasteiger partial charge in [-0.25, -0.2) is 0 Å². The van der Waals surface area contributed by atoms with Gasteiger partial charge in [0, 0.05) is 24.0 Å². The quantitative estimate of drug-likeness (QED) is 0.722. The third kappa shape index (κ3) is 4.26. The lowest BCUT2D eigenvalue weighted by Crippen LogP contribution is -2.39. The second-order valence-corrected chi connectivity index (χ2v) is 8.12. The number of benzene rings is 2. The van der Waals surface area contributed by atoms with Crippen molar-refractivity contribution in [3.8, 4) is 11.1 Å². The molecule has 2 aliphatic carbocycles. The lowest BCUT2D eigenvalue weighted by molar-refractivity contribution is -0.138. The van der Waals surface area contributed by atoms with Gasteiger partial charge in [0.2, 0.25) is 0 Å². The minimum absolute atomic E-state index is 0.0385. The molecular formula is C23H27F3N2. The van der Waals surface area contributed by atoms with E-state index in [4.69, 9.17) is 0 Å². The molecule has 2 aromatic rings. The van der Waals surface area contributed by atoms with Gasteiger partial charge in [-0.3, -0.25) is 0 Å². The van der Waals surface area contributed by atoms with Gasteiger partial charge in [-0.2, -0.15) is 13.2 Å². The van der Waals surface area contributed by atoms with Crippen LogP contribution in [0.5, 0.6) is 0 Å². The molecule has 5 heteroatoms. The molecule has 0 radical (unpaired) electrons. The van der Waals surface area contributed by atoms with Gasteiger partial charge in [-0.15, -0.1) is 0 Å². The van der Waals surface area contributed by atoms with Crippen LogP contribution in [-0.2, 0) is 6.18 Å². The van der Waals surface area contributed by atoms with Crippen molar-refractivity contribution < 1.29 is 13.2 Å². The molecule has 0 saturated heterocycles. The standard InChI is InChI=1S/C23H27F3N2/c1-27-17-8-10-18(11-9-17)28-22-14-20(22)19-12-7-16(13-21(19)23(24,25)26)15-5-3-2-4-6-15/h2-7,12-13,17-18,20,22,27-28H,8-11,14H2,1H3. The van der Waals surface area contributed by atoms with E-state index in [1.54, 1.807) is 6.07 Å². The average molecular weight is 388 g/mol. The van der Waals surface area contributed by atoms with Crippen LogP contribution in [-0.4, -0.2) is 25.2 Å². The molecule has 4 rings (SSSR count). The van der Waals surface area contributed by atoms with E-state index in [2.05, 4.69) is 10.6 Å². The van der Waals surface area contributed by atoms with Crippen LogP contribution in [0.1, 0.15) is 49.1 Å². The summed E-state index contributed by atoms with van der Waals surface area (Å²) in [7, 11) is 1.99. The molecule has 0 aliphatic heterocycles. The Morgan fingerprint density at radius 1 is 0.857 bits per heavy atom. The van der Waals surface area contributed by atoms with E-state index in [9.17, 15) is 13.2 Å². The Morgan fingerprint density at radius 2 is 1.54 bits per heavy atom. The highest BCUT2D eigenvalue weighted by molar-refractivity contribution is 5.65. The molecule has 0 amide bonds. The van der Waals surface area contributed by atoms with Crippen LogP contribution in [0.4, 0.5) is 13.2 Å². The first-order chi connectivity index (χ1) is 13.5. The van der Waals surface area contributed by atoms with Crippen molar-refractivity contribution in [2.45, 2.75) is 62.3 Å². The Labute approximate surface area is 164 Å². The summed E-state index contributed by atoms with van der Waals surface area (Å²) in [6.07, 6.45) is 0.899. The second-order valence-electron chi connectivity index (χ2n) is 8.12. The molecule has 0 aromatic heterocycles. The summed E-state index contributed by atoms with van der Waals surface area (Å²) in [5.74, 6) is -0.0385. The van der Waals surface area contributed by atoms with E-state index in [0.717, 1.165) is 37.7 Å². The van der Waals surface area contributed by atoms with Crippen LogP contribution in [0.2, 0.25) is 0 Å². The van der Waals surface area contributed by atoms with Gasteiger partial charge >= 0.3 is 6.18 Å². The molecule has 2 fully saturated rings. The van der Waals surface area contributed by atoms with E-state index in [1.165, 1.54) is 6.07 Å². The van der Waals surface area contributed by atoms with Gasteiger partial charge in [-0.1, -0.05) is 42.5 Å². The molecular weight excluding hydrogens is 361 g/mol. The zero-order valence-corrected chi connectivity index (χ0v) is 16.1. The number of nitrogens with one attached hydrogen (secondary N) is 2. The topological polar surface area (TPSA) is 24.1 Å². The second kappa shape index (κ2) is 7.88. The lowest BCUT2D eigenvalue weighted by atomic mass is 9.91. The SMILES string of the molecule is CNC1CCC(NC2CC2c2ccc(-c3ccccc3)cc2C(F)(F)F)CC1. The first kappa shape index (κ1) is 19.5. The summed E-state index contributed by atoms with van der Waals surface area (Å²) < 4.78 is 41.3. The highest BCUT2D eigenvalue weighted by Gasteiger charge is 2.45. The molecule has 2 aliphatic rings. The first-order valence-electron chi connectivity index (χ1n) is 10.2. The Kier molecular flexibility index (Phi) is 5.48. The Hall–Kier alpha value is -1.85. The van der Waals surface area contributed by atoms with E-state index < -0.39 is 11.7 Å². The van der Waals surface area contributed by atoms with Gasteiger partial charge in [0.15, 0.2) is 0 Å². The molecule has 2 N–H and O–H groups in total. The third-order valence-corrected chi connectivity index (χ3v) is 6.24. The fourth-order valence-corrected chi connectivity index (χ4v) is 4.51. The Bertz CT molecular complexity index is 795. The van der Waals surface area contributed by atoms with Crippen LogP contribution in [0.25, 0.3) is 11.1 Å². The van der Waals surface area contributed by atoms with Crippen molar-refractivity contribution in [3.05, 3.63) is 59.7 Å². The normalized spacial score (nSPS) is 27.6. The summed E-state index contributed by atoms with van der Waals surface area (Å²) >= 11 is 0. The molecule has 0 heterocycles. The van der Waals surface area contributed by atoms with Crippen molar-refractivity contribution in [1.82, 2.24) is 10.6 Å². The average Bonchev–Trinajstić information content (AvgIpc) is 3.47. The van der Waals surface area contributed by atoms with Crippen LogP contribution < -0.4 is 10.6 Å². The largest absolute Gasteiger partial charge is 0.416 e. The first-order valence-corrected chi connectivity index (χ1v) is 10.2.